The van der Waals surface area contributed by atoms with Gasteiger partial charge in [0.05, 0.1) is 5.01 Å². The molecule has 0 fully saturated rings. The van der Waals surface area contributed by atoms with E-state index in [2.05, 4.69) is 15.0 Å². The van der Waals surface area contributed by atoms with E-state index in [0.29, 0.717) is 12.2 Å². The molecule has 0 amide bonds. The van der Waals surface area contributed by atoms with Crippen LogP contribution in [0.5, 0.6) is 0 Å². The van der Waals surface area contributed by atoms with Crippen molar-refractivity contribution in [2.24, 2.45) is 0 Å². The second-order valence-corrected chi connectivity index (χ2v) is 4.65. The Labute approximate surface area is 97.4 Å². The summed E-state index contributed by atoms with van der Waals surface area (Å²) in [5.74, 6) is 0.559. The molecule has 0 aliphatic rings. The molecule has 0 spiro atoms. The third-order valence-electron chi connectivity index (χ3n) is 2.44. The Hall–Kier alpha value is -1.49. The van der Waals surface area contributed by atoms with Crippen LogP contribution in [0.3, 0.4) is 0 Å². The summed E-state index contributed by atoms with van der Waals surface area (Å²) in [6.45, 7) is 5.74. The first kappa shape index (κ1) is 11.0. The van der Waals surface area contributed by atoms with Crippen molar-refractivity contribution in [3.05, 3.63) is 32.0 Å². The molecule has 2 heterocycles. The van der Waals surface area contributed by atoms with Crippen LogP contribution in [0.25, 0.3) is 11.5 Å². The Balaban J connectivity index is 2.56. The molecule has 4 nitrogen and oxygen atoms in total. The monoisotopic (exact) mass is 235 g/mol. The van der Waals surface area contributed by atoms with E-state index in [-0.39, 0.29) is 5.56 Å². The van der Waals surface area contributed by atoms with Crippen LogP contribution in [0.2, 0.25) is 0 Å². The van der Waals surface area contributed by atoms with Crippen molar-refractivity contribution in [1.82, 2.24) is 15.0 Å². The normalized spacial score (nSPS) is 10.7. The van der Waals surface area contributed by atoms with Crippen molar-refractivity contribution in [2.75, 3.05) is 0 Å². The first-order valence-electron chi connectivity index (χ1n) is 5.14. The van der Waals surface area contributed by atoms with E-state index in [1.165, 1.54) is 0 Å². The number of H-pyrrole nitrogens is 1. The number of aryl methyl sites for hydroxylation is 2. The molecule has 0 unspecified atom stereocenters. The zero-order valence-electron chi connectivity index (χ0n) is 9.50. The molecule has 0 saturated heterocycles. The maximum absolute atomic E-state index is 11.8. The Morgan fingerprint density at radius 1 is 1.38 bits per heavy atom. The third kappa shape index (κ3) is 1.90. The first-order valence-corrected chi connectivity index (χ1v) is 6.02. The van der Waals surface area contributed by atoms with Crippen LogP contribution < -0.4 is 5.56 Å². The lowest BCUT2D eigenvalue weighted by Gasteiger charge is -2.03. The first-order chi connectivity index (χ1) is 7.61. The van der Waals surface area contributed by atoms with E-state index in [4.69, 9.17) is 0 Å². The van der Waals surface area contributed by atoms with E-state index in [1.807, 2.05) is 26.2 Å². The van der Waals surface area contributed by atoms with Gasteiger partial charge in [0.15, 0.2) is 5.82 Å². The highest BCUT2D eigenvalue weighted by molar-refractivity contribution is 7.09. The van der Waals surface area contributed by atoms with Crippen LogP contribution in [-0.4, -0.2) is 15.0 Å². The summed E-state index contributed by atoms with van der Waals surface area (Å²) in [6.07, 6.45) is 0.699. The van der Waals surface area contributed by atoms with Gasteiger partial charge in [-0.05, 0) is 20.3 Å². The molecule has 0 saturated carbocycles. The Morgan fingerprint density at radius 2 is 2.12 bits per heavy atom. The molecule has 0 bridgehead atoms. The van der Waals surface area contributed by atoms with Crippen molar-refractivity contribution in [3.63, 3.8) is 0 Å². The second kappa shape index (κ2) is 4.17. The van der Waals surface area contributed by atoms with Gasteiger partial charge in [-0.3, -0.25) is 4.79 Å². The molecule has 0 aliphatic carbocycles. The maximum atomic E-state index is 11.8. The molecular formula is C11H13N3OS. The van der Waals surface area contributed by atoms with Crippen molar-refractivity contribution in [2.45, 2.75) is 27.2 Å². The fraction of sp³-hybridized carbons (Fsp3) is 0.364. The van der Waals surface area contributed by atoms with E-state index in [1.54, 1.807) is 11.3 Å². The van der Waals surface area contributed by atoms with Crippen molar-refractivity contribution in [1.29, 1.82) is 0 Å². The molecule has 0 atom stereocenters. The number of rotatable bonds is 2. The SMILES string of the molecule is CCc1c(C)nc(-c2csc(C)n2)[nH]c1=O. The molecule has 1 N–H and O–H groups in total. The number of nitrogens with one attached hydrogen (secondary N) is 1. The van der Waals surface area contributed by atoms with Crippen LogP contribution in [0.4, 0.5) is 0 Å². The average Bonchev–Trinajstić information content (AvgIpc) is 2.64. The van der Waals surface area contributed by atoms with Crippen molar-refractivity contribution in [3.8, 4) is 11.5 Å². The number of thiazole rings is 1. The van der Waals surface area contributed by atoms with Crippen molar-refractivity contribution < 1.29 is 0 Å². The van der Waals surface area contributed by atoms with Crippen molar-refractivity contribution >= 4 is 11.3 Å². The van der Waals surface area contributed by atoms with Crippen LogP contribution >= 0.6 is 11.3 Å². The van der Waals surface area contributed by atoms with Gasteiger partial charge in [-0.25, -0.2) is 9.97 Å². The topological polar surface area (TPSA) is 58.6 Å². The smallest absolute Gasteiger partial charge is 0.254 e. The highest BCUT2D eigenvalue weighted by Crippen LogP contribution is 2.17. The van der Waals surface area contributed by atoms with Gasteiger partial charge in [-0.2, -0.15) is 0 Å². The summed E-state index contributed by atoms with van der Waals surface area (Å²) < 4.78 is 0. The number of aromatic nitrogens is 3. The van der Waals surface area contributed by atoms with Gasteiger partial charge in [0.25, 0.3) is 5.56 Å². The van der Waals surface area contributed by atoms with Crippen LogP contribution in [0.15, 0.2) is 10.2 Å². The highest BCUT2D eigenvalue weighted by Gasteiger charge is 2.09. The molecule has 5 heteroatoms. The summed E-state index contributed by atoms with van der Waals surface area (Å²) in [5, 5.41) is 2.87. The van der Waals surface area contributed by atoms with E-state index in [0.717, 1.165) is 22.0 Å². The molecule has 16 heavy (non-hydrogen) atoms. The largest absolute Gasteiger partial charge is 0.305 e. The molecular weight excluding hydrogens is 222 g/mol. The minimum absolute atomic E-state index is 0.0596. The Kier molecular flexibility index (Phi) is 2.87. The summed E-state index contributed by atoms with van der Waals surface area (Å²) >= 11 is 1.55. The quantitative estimate of drug-likeness (QED) is 0.867. The van der Waals surface area contributed by atoms with E-state index in [9.17, 15) is 4.79 Å². The lowest BCUT2D eigenvalue weighted by Crippen LogP contribution is -2.16. The highest BCUT2D eigenvalue weighted by atomic mass is 32.1. The Morgan fingerprint density at radius 3 is 2.62 bits per heavy atom. The zero-order chi connectivity index (χ0) is 11.7. The third-order valence-corrected chi connectivity index (χ3v) is 3.21. The predicted molar refractivity (Wildman–Crippen MR) is 64.8 cm³/mol. The predicted octanol–water partition coefficient (Wildman–Crippen LogP) is 2.07. The fourth-order valence-electron chi connectivity index (χ4n) is 1.62. The maximum Gasteiger partial charge on any atom is 0.254 e. The van der Waals surface area contributed by atoms with Gasteiger partial charge in [-0.15, -0.1) is 11.3 Å². The number of hydrogen-bond donors (Lipinski definition) is 1. The summed E-state index contributed by atoms with van der Waals surface area (Å²) in [5.41, 5.74) is 2.21. The van der Waals surface area contributed by atoms with Crippen LogP contribution in [0, 0.1) is 13.8 Å². The summed E-state index contributed by atoms with van der Waals surface area (Å²) in [4.78, 5) is 23.2. The van der Waals surface area contributed by atoms with Gasteiger partial charge in [0, 0.05) is 16.6 Å². The lowest BCUT2D eigenvalue weighted by atomic mass is 10.2. The van der Waals surface area contributed by atoms with Gasteiger partial charge >= 0.3 is 0 Å². The second-order valence-electron chi connectivity index (χ2n) is 3.58. The van der Waals surface area contributed by atoms with E-state index >= 15 is 0 Å². The molecule has 0 aromatic carbocycles. The lowest BCUT2D eigenvalue weighted by molar-refractivity contribution is 0.962. The Bertz CT molecular complexity index is 571. The number of hydrogen-bond acceptors (Lipinski definition) is 4. The number of nitrogens with zero attached hydrogens (tertiary/aromatic N) is 2. The van der Waals surface area contributed by atoms with Gasteiger partial charge in [0.1, 0.15) is 5.69 Å². The van der Waals surface area contributed by atoms with Gasteiger partial charge in [-0.1, -0.05) is 6.92 Å². The minimum atomic E-state index is -0.0596. The van der Waals surface area contributed by atoms with E-state index < -0.39 is 0 Å². The molecule has 2 aromatic rings. The summed E-state index contributed by atoms with van der Waals surface area (Å²) in [7, 11) is 0. The van der Waals surface area contributed by atoms with Gasteiger partial charge in [0.2, 0.25) is 0 Å². The molecule has 84 valence electrons. The zero-order valence-corrected chi connectivity index (χ0v) is 10.3. The molecule has 2 rings (SSSR count). The standard InChI is InChI=1S/C11H13N3OS/c1-4-8-6(2)12-10(14-11(8)15)9-5-16-7(3)13-9/h5H,4H2,1-3H3,(H,12,14,15). The minimum Gasteiger partial charge on any atom is -0.305 e. The molecule has 0 aliphatic heterocycles. The number of aromatic amines is 1. The molecule has 2 aromatic heterocycles. The van der Waals surface area contributed by atoms with Crippen LogP contribution in [0.1, 0.15) is 23.2 Å². The fourth-order valence-corrected chi connectivity index (χ4v) is 2.22. The summed E-state index contributed by atoms with van der Waals surface area (Å²) in [6, 6.07) is 0. The van der Waals surface area contributed by atoms with Crippen LogP contribution in [-0.2, 0) is 6.42 Å². The molecule has 0 radical (unpaired) electrons. The average molecular weight is 235 g/mol. The van der Waals surface area contributed by atoms with Gasteiger partial charge < -0.3 is 4.98 Å².